The Labute approximate surface area is 110 Å². The minimum atomic E-state index is -0.322. The first-order valence-electron chi connectivity index (χ1n) is 6.03. The lowest BCUT2D eigenvalue weighted by molar-refractivity contribution is 0.607. The summed E-state index contributed by atoms with van der Waals surface area (Å²) in [5.41, 5.74) is 7.98. The molecule has 1 heterocycles. The number of hydrogen-bond acceptors (Lipinski definition) is 3. The van der Waals surface area contributed by atoms with E-state index in [0.717, 1.165) is 11.3 Å². The largest absolute Gasteiger partial charge is 0.348 e. The molecule has 5 heteroatoms. The molecule has 0 amide bonds. The van der Waals surface area contributed by atoms with E-state index in [9.17, 15) is 9.18 Å². The Hall–Kier alpha value is -2.01. The predicted molar refractivity (Wildman–Crippen MR) is 71.4 cm³/mol. The molecular formula is C14H16FN3O. The van der Waals surface area contributed by atoms with Crippen molar-refractivity contribution in [2.45, 2.75) is 26.9 Å². The van der Waals surface area contributed by atoms with Crippen LogP contribution in [0, 0.1) is 19.7 Å². The molecular weight excluding hydrogens is 245 g/mol. The maximum atomic E-state index is 13.4. The number of nitrogens with two attached hydrogens (primary N) is 1. The van der Waals surface area contributed by atoms with Crippen LogP contribution in [0.5, 0.6) is 0 Å². The molecule has 0 aliphatic rings. The molecule has 0 aliphatic carbocycles. The van der Waals surface area contributed by atoms with Gasteiger partial charge in [0.1, 0.15) is 5.82 Å². The van der Waals surface area contributed by atoms with Crippen molar-refractivity contribution in [3.05, 3.63) is 63.1 Å². The van der Waals surface area contributed by atoms with Crippen molar-refractivity contribution in [3.63, 3.8) is 0 Å². The molecule has 2 N–H and O–H groups in total. The van der Waals surface area contributed by atoms with E-state index < -0.39 is 0 Å². The molecule has 0 saturated heterocycles. The van der Waals surface area contributed by atoms with Gasteiger partial charge in [-0.05, 0) is 37.6 Å². The summed E-state index contributed by atoms with van der Waals surface area (Å²) >= 11 is 0. The zero-order chi connectivity index (χ0) is 14.0. The molecule has 1 aromatic heterocycles. The molecule has 100 valence electrons. The molecule has 0 saturated carbocycles. The van der Waals surface area contributed by atoms with E-state index in [4.69, 9.17) is 5.73 Å². The van der Waals surface area contributed by atoms with Gasteiger partial charge in [-0.2, -0.15) is 4.98 Å². The fourth-order valence-electron chi connectivity index (χ4n) is 2.03. The third-order valence-corrected chi connectivity index (χ3v) is 3.02. The normalized spacial score (nSPS) is 10.7. The summed E-state index contributed by atoms with van der Waals surface area (Å²) in [6, 6.07) is 6.55. The summed E-state index contributed by atoms with van der Waals surface area (Å²) in [4.78, 5) is 15.7. The molecule has 0 radical (unpaired) electrons. The topological polar surface area (TPSA) is 60.9 Å². The van der Waals surface area contributed by atoms with Gasteiger partial charge >= 0.3 is 5.69 Å². The van der Waals surface area contributed by atoms with Gasteiger partial charge < -0.3 is 5.73 Å². The smallest absolute Gasteiger partial charge is 0.326 e. The fourth-order valence-corrected chi connectivity index (χ4v) is 2.03. The van der Waals surface area contributed by atoms with E-state index in [1.165, 1.54) is 6.07 Å². The molecule has 0 spiro atoms. The summed E-state index contributed by atoms with van der Waals surface area (Å²) in [5, 5.41) is 0. The standard InChI is InChI=1S/C14H16FN3O/c1-9-5-10(2)18(14(19)17-9)8-11-3-4-13(15)12(6-11)7-16/h3-6H,7-8,16H2,1-2H3. The number of halogens is 1. The van der Waals surface area contributed by atoms with Crippen LogP contribution in [0.15, 0.2) is 29.1 Å². The lowest BCUT2D eigenvalue weighted by Crippen LogP contribution is -2.26. The Morgan fingerprint density at radius 1 is 1.32 bits per heavy atom. The molecule has 1 aromatic carbocycles. The molecule has 2 aromatic rings. The van der Waals surface area contributed by atoms with Gasteiger partial charge in [-0.3, -0.25) is 4.57 Å². The second kappa shape index (κ2) is 5.32. The van der Waals surface area contributed by atoms with Crippen LogP contribution in [0.1, 0.15) is 22.5 Å². The van der Waals surface area contributed by atoms with Gasteiger partial charge in [0.15, 0.2) is 0 Å². The lowest BCUT2D eigenvalue weighted by Gasteiger charge is -2.11. The van der Waals surface area contributed by atoms with E-state index in [0.29, 0.717) is 17.8 Å². The highest BCUT2D eigenvalue weighted by molar-refractivity contribution is 5.25. The van der Waals surface area contributed by atoms with Crippen LogP contribution in [0.3, 0.4) is 0 Å². The van der Waals surface area contributed by atoms with Gasteiger partial charge in [-0.1, -0.05) is 6.07 Å². The molecule has 0 unspecified atom stereocenters. The molecule has 2 rings (SSSR count). The minimum Gasteiger partial charge on any atom is -0.326 e. The fraction of sp³-hybridized carbons (Fsp3) is 0.286. The predicted octanol–water partition coefficient (Wildman–Crippen LogP) is 1.51. The second-order valence-corrected chi connectivity index (χ2v) is 4.54. The van der Waals surface area contributed by atoms with Crippen molar-refractivity contribution < 1.29 is 4.39 Å². The van der Waals surface area contributed by atoms with Crippen LogP contribution < -0.4 is 11.4 Å². The van der Waals surface area contributed by atoms with Crippen LogP contribution in [-0.4, -0.2) is 9.55 Å². The van der Waals surface area contributed by atoms with E-state index >= 15 is 0 Å². The van der Waals surface area contributed by atoms with Gasteiger partial charge in [-0.25, -0.2) is 9.18 Å². The molecule has 0 bridgehead atoms. The van der Waals surface area contributed by atoms with E-state index in [-0.39, 0.29) is 18.1 Å². The average Bonchev–Trinajstić information content (AvgIpc) is 2.35. The zero-order valence-electron chi connectivity index (χ0n) is 11.0. The highest BCUT2D eigenvalue weighted by Gasteiger charge is 2.06. The van der Waals surface area contributed by atoms with Gasteiger partial charge in [-0.15, -0.1) is 0 Å². The van der Waals surface area contributed by atoms with E-state index in [1.807, 2.05) is 13.0 Å². The van der Waals surface area contributed by atoms with Gasteiger partial charge in [0.25, 0.3) is 0 Å². The van der Waals surface area contributed by atoms with Crippen LogP contribution in [0.2, 0.25) is 0 Å². The number of nitrogens with zero attached hydrogens (tertiary/aromatic N) is 2. The Balaban J connectivity index is 2.39. The third kappa shape index (κ3) is 2.88. The first kappa shape index (κ1) is 13.4. The minimum absolute atomic E-state index is 0.139. The van der Waals surface area contributed by atoms with Crippen molar-refractivity contribution >= 4 is 0 Å². The van der Waals surface area contributed by atoms with Crippen molar-refractivity contribution in [1.82, 2.24) is 9.55 Å². The number of hydrogen-bond donors (Lipinski definition) is 1. The number of benzene rings is 1. The van der Waals surface area contributed by atoms with Crippen molar-refractivity contribution in [2.75, 3.05) is 0 Å². The van der Waals surface area contributed by atoms with Gasteiger partial charge in [0.05, 0.1) is 6.54 Å². The third-order valence-electron chi connectivity index (χ3n) is 3.02. The number of aryl methyl sites for hydroxylation is 2. The summed E-state index contributed by atoms with van der Waals surface area (Å²) in [6.45, 7) is 4.14. The van der Waals surface area contributed by atoms with Crippen LogP contribution in [0.25, 0.3) is 0 Å². The van der Waals surface area contributed by atoms with Crippen molar-refractivity contribution in [1.29, 1.82) is 0 Å². The molecule has 0 fully saturated rings. The summed E-state index contributed by atoms with van der Waals surface area (Å²) in [7, 11) is 0. The van der Waals surface area contributed by atoms with Crippen LogP contribution in [-0.2, 0) is 13.1 Å². The number of rotatable bonds is 3. The monoisotopic (exact) mass is 261 g/mol. The average molecular weight is 261 g/mol. The molecule has 19 heavy (non-hydrogen) atoms. The van der Waals surface area contributed by atoms with E-state index in [2.05, 4.69) is 4.98 Å². The Morgan fingerprint density at radius 3 is 2.68 bits per heavy atom. The first-order chi connectivity index (χ1) is 9.01. The first-order valence-corrected chi connectivity index (χ1v) is 6.03. The lowest BCUT2D eigenvalue weighted by atomic mass is 10.1. The van der Waals surface area contributed by atoms with Gasteiger partial charge in [0, 0.05) is 23.5 Å². The Kier molecular flexibility index (Phi) is 3.76. The quantitative estimate of drug-likeness (QED) is 0.911. The Morgan fingerprint density at radius 2 is 2.05 bits per heavy atom. The summed E-state index contributed by atoms with van der Waals surface area (Å²) in [6.07, 6.45) is 0. The van der Waals surface area contributed by atoms with Crippen LogP contribution >= 0.6 is 0 Å². The van der Waals surface area contributed by atoms with Gasteiger partial charge in [0.2, 0.25) is 0 Å². The summed E-state index contributed by atoms with van der Waals surface area (Å²) in [5.74, 6) is -0.322. The molecule has 0 atom stereocenters. The highest BCUT2D eigenvalue weighted by Crippen LogP contribution is 2.11. The van der Waals surface area contributed by atoms with Crippen molar-refractivity contribution in [2.24, 2.45) is 5.73 Å². The maximum absolute atomic E-state index is 13.4. The van der Waals surface area contributed by atoms with E-state index in [1.54, 1.807) is 23.6 Å². The van der Waals surface area contributed by atoms with Crippen LogP contribution in [0.4, 0.5) is 4.39 Å². The SMILES string of the molecule is Cc1cc(C)n(Cc2ccc(F)c(CN)c2)c(=O)n1. The Bertz CT molecular complexity index is 664. The highest BCUT2D eigenvalue weighted by atomic mass is 19.1. The summed E-state index contributed by atoms with van der Waals surface area (Å²) < 4.78 is 14.9. The second-order valence-electron chi connectivity index (χ2n) is 4.54. The molecule has 4 nitrogen and oxygen atoms in total. The zero-order valence-corrected chi connectivity index (χ0v) is 11.0. The number of aromatic nitrogens is 2. The molecule has 0 aliphatic heterocycles. The maximum Gasteiger partial charge on any atom is 0.348 e. The van der Waals surface area contributed by atoms with Crippen molar-refractivity contribution in [3.8, 4) is 0 Å².